The Bertz CT molecular complexity index is 189. The van der Waals surface area contributed by atoms with Gasteiger partial charge in [0.1, 0.15) is 0 Å². The van der Waals surface area contributed by atoms with Crippen LogP contribution in [0.5, 0.6) is 0 Å². The average molecular weight is 210 g/mol. The summed E-state index contributed by atoms with van der Waals surface area (Å²) in [4.78, 5) is 2.68. The van der Waals surface area contributed by atoms with Crippen LogP contribution in [0.15, 0.2) is 0 Å². The molecule has 2 rings (SSSR count). The van der Waals surface area contributed by atoms with Crippen molar-refractivity contribution < 1.29 is 0 Å². The Morgan fingerprint density at radius 2 is 1.73 bits per heavy atom. The Morgan fingerprint density at radius 3 is 2.33 bits per heavy atom. The largest absolute Gasteiger partial charge is 0.314 e. The van der Waals surface area contributed by atoms with Crippen molar-refractivity contribution in [2.45, 2.75) is 51.5 Å². The molecule has 1 aliphatic heterocycles. The molecule has 1 aliphatic carbocycles. The first-order valence-corrected chi connectivity index (χ1v) is 6.64. The summed E-state index contributed by atoms with van der Waals surface area (Å²) >= 11 is 0. The Morgan fingerprint density at radius 1 is 1.13 bits per heavy atom. The predicted molar refractivity (Wildman–Crippen MR) is 65.1 cm³/mol. The molecule has 2 nitrogen and oxygen atoms in total. The summed E-state index contributed by atoms with van der Waals surface area (Å²) in [6.07, 6.45) is 7.32. The van der Waals surface area contributed by atoms with E-state index in [0.717, 1.165) is 5.92 Å². The van der Waals surface area contributed by atoms with Crippen LogP contribution in [-0.4, -0.2) is 36.6 Å². The summed E-state index contributed by atoms with van der Waals surface area (Å²) in [6, 6.07) is 0. The smallest absolute Gasteiger partial charge is 0.0156 e. The van der Waals surface area contributed by atoms with Crippen LogP contribution in [0.25, 0.3) is 0 Å². The number of hydrogen-bond acceptors (Lipinski definition) is 2. The third-order valence-corrected chi connectivity index (χ3v) is 4.24. The molecule has 0 aromatic heterocycles. The molecule has 1 heterocycles. The van der Waals surface area contributed by atoms with E-state index in [1.807, 2.05) is 0 Å². The normalized spacial score (nSPS) is 26.0. The third-order valence-electron chi connectivity index (χ3n) is 4.24. The molecule has 0 aromatic carbocycles. The standard InChI is InChI=1S/C13H26N2/c1-13(2,11-12-5-3-4-6-12)15-9-7-14-8-10-15/h12,14H,3-11H2,1-2H3. The van der Waals surface area contributed by atoms with Crippen molar-refractivity contribution in [3.63, 3.8) is 0 Å². The lowest BCUT2D eigenvalue weighted by atomic mass is 9.87. The van der Waals surface area contributed by atoms with Gasteiger partial charge in [0.15, 0.2) is 0 Å². The van der Waals surface area contributed by atoms with Gasteiger partial charge in [0.05, 0.1) is 0 Å². The molecular weight excluding hydrogens is 184 g/mol. The van der Waals surface area contributed by atoms with Gasteiger partial charge in [-0.15, -0.1) is 0 Å². The van der Waals surface area contributed by atoms with Crippen molar-refractivity contribution in [1.29, 1.82) is 0 Å². The first kappa shape index (κ1) is 11.4. The van der Waals surface area contributed by atoms with E-state index in [4.69, 9.17) is 0 Å². The summed E-state index contributed by atoms with van der Waals surface area (Å²) in [7, 11) is 0. The Hall–Kier alpha value is -0.0800. The van der Waals surface area contributed by atoms with Crippen molar-refractivity contribution in [3.8, 4) is 0 Å². The lowest BCUT2D eigenvalue weighted by Crippen LogP contribution is -2.53. The zero-order valence-corrected chi connectivity index (χ0v) is 10.4. The van der Waals surface area contributed by atoms with E-state index in [1.54, 1.807) is 0 Å². The Labute approximate surface area is 94.4 Å². The lowest BCUT2D eigenvalue weighted by molar-refractivity contribution is 0.0806. The highest BCUT2D eigenvalue weighted by molar-refractivity contribution is 4.87. The van der Waals surface area contributed by atoms with Gasteiger partial charge in [-0.25, -0.2) is 0 Å². The number of nitrogens with zero attached hydrogens (tertiary/aromatic N) is 1. The van der Waals surface area contributed by atoms with Gasteiger partial charge in [0.25, 0.3) is 0 Å². The number of rotatable bonds is 3. The molecule has 2 heteroatoms. The molecule has 2 aliphatic rings. The topological polar surface area (TPSA) is 15.3 Å². The maximum absolute atomic E-state index is 3.44. The van der Waals surface area contributed by atoms with Crippen LogP contribution in [0.3, 0.4) is 0 Å². The molecule has 0 unspecified atom stereocenters. The Kier molecular flexibility index (Phi) is 3.68. The second kappa shape index (κ2) is 4.84. The summed E-state index contributed by atoms with van der Waals surface area (Å²) in [6.45, 7) is 9.70. The third kappa shape index (κ3) is 2.94. The molecule has 0 bridgehead atoms. The van der Waals surface area contributed by atoms with E-state index in [1.165, 1.54) is 58.3 Å². The molecule has 0 aromatic rings. The van der Waals surface area contributed by atoms with E-state index < -0.39 is 0 Å². The monoisotopic (exact) mass is 210 g/mol. The fourth-order valence-corrected chi connectivity index (χ4v) is 3.32. The van der Waals surface area contributed by atoms with Crippen molar-refractivity contribution in [1.82, 2.24) is 10.2 Å². The van der Waals surface area contributed by atoms with Crippen molar-refractivity contribution in [3.05, 3.63) is 0 Å². The number of hydrogen-bond donors (Lipinski definition) is 1. The molecule has 15 heavy (non-hydrogen) atoms. The van der Waals surface area contributed by atoms with E-state index >= 15 is 0 Å². The first-order chi connectivity index (χ1) is 7.18. The minimum atomic E-state index is 0.428. The predicted octanol–water partition coefficient (Wildman–Crippen LogP) is 2.25. The Balaban J connectivity index is 1.86. The minimum Gasteiger partial charge on any atom is -0.314 e. The SMILES string of the molecule is CC(C)(CC1CCCC1)N1CCNCC1. The van der Waals surface area contributed by atoms with Crippen LogP contribution >= 0.6 is 0 Å². The molecule has 0 atom stereocenters. The highest BCUT2D eigenvalue weighted by Gasteiger charge is 2.31. The van der Waals surface area contributed by atoms with E-state index in [9.17, 15) is 0 Å². The fraction of sp³-hybridized carbons (Fsp3) is 1.00. The number of piperazine rings is 1. The van der Waals surface area contributed by atoms with Gasteiger partial charge in [-0.2, -0.15) is 0 Å². The summed E-state index contributed by atoms with van der Waals surface area (Å²) < 4.78 is 0. The highest BCUT2D eigenvalue weighted by atomic mass is 15.2. The summed E-state index contributed by atoms with van der Waals surface area (Å²) in [5.74, 6) is 1.01. The second-order valence-corrected chi connectivity index (χ2v) is 5.90. The lowest BCUT2D eigenvalue weighted by Gasteiger charge is -2.42. The van der Waals surface area contributed by atoms with E-state index in [0.29, 0.717) is 5.54 Å². The minimum absolute atomic E-state index is 0.428. The van der Waals surface area contributed by atoms with E-state index in [-0.39, 0.29) is 0 Å². The molecule has 1 saturated heterocycles. The molecular formula is C13H26N2. The highest BCUT2D eigenvalue weighted by Crippen LogP contribution is 2.34. The van der Waals surface area contributed by atoms with Crippen molar-refractivity contribution in [2.24, 2.45) is 5.92 Å². The first-order valence-electron chi connectivity index (χ1n) is 6.64. The quantitative estimate of drug-likeness (QED) is 0.768. The van der Waals surface area contributed by atoms with Gasteiger partial charge >= 0.3 is 0 Å². The van der Waals surface area contributed by atoms with Crippen LogP contribution < -0.4 is 5.32 Å². The van der Waals surface area contributed by atoms with Crippen molar-refractivity contribution >= 4 is 0 Å². The maximum Gasteiger partial charge on any atom is 0.0156 e. The maximum atomic E-state index is 3.44. The second-order valence-electron chi connectivity index (χ2n) is 5.90. The van der Waals surface area contributed by atoms with Gasteiger partial charge in [-0.1, -0.05) is 25.7 Å². The van der Waals surface area contributed by atoms with Gasteiger partial charge in [0.2, 0.25) is 0 Å². The molecule has 0 amide bonds. The van der Waals surface area contributed by atoms with Gasteiger partial charge in [-0.3, -0.25) is 4.90 Å². The van der Waals surface area contributed by atoms with Gasteiger partial charge < -0.3 is 5.32 Å². The van der Waals surface area contributed by atoms with Crippen LogP contribution in [-0.2, 0) is 0 Å². The molecule has 1 saturated carbocycles. The molecule has 0 radical (unpaired) electrons. The summed E-state index contributed by atoms with van der Waals surface area (Å²) in [5.41, 5.74) is 0.428. The molecule has 2 fully saturated rings. The van der Waals surface area contributed by atoms with Crippen LogP contribution in [0.4, 0.5) is 0 Å². The molecule has 88 valence electrons. The van der Waals surface area contributed by atoms with Gasteiger partial charge in [0, 0.05) is 31.7 Å². The van der Waals surface area contributed by atoms with Crippen molar-refractivity contribution in [2.75, 3.05) is 26.2 Å². The van der Waals surface area contributed by atoms with Gasteiger partial charge in [-0.05, 0) is 26.2 Å². The van der Waals surface area contributed by atoms with Crippen LogP contribution in [0.2, 0.25) is 0 Å². The van der Waals surface area contributed by atoms with Crippen LogP contribution in [0.1, 0.15) is 46.0 Å². The zero-order chi connectivity index (χ0) is 10.7. The average Bonchev–Trinajstić information content (AvgIpc) is 2.71. The molecule has 1 N–H and O–H groups in total. The fourth-order valence-electron chi connectivity index (χ4n) is 3.32. The zero-order valence-electron chi connectivity index (χ0n) is 10.4. The summed E-state index contributed by atoms with van der Waals surface area (Å²) in [5, 5.41) is 3.44. The van der Waals surface area contributed by atoms with Crippen LogP contribution in [0, 0.1) is 5.92 Å². The van der Waals surface area contributed by atoms with E-state index in [2.05, 4.69) is 24.1 Å². The number of nitrogens with one attached hydrogen (secondary N) is 1. The molecule has 0 spiro atoms.